The molecule has 0 amide bonds. The van der Waals surface area contributed by atoms with Crippen molar-refractivity contribution >= 4 is 11.5 Å². The molecule has 1 aromatic heterocycles. The van der Waals surface area contributed by atoms with Gasteiger partial charge in [0.15, 0.2) is 0 Å². The van der Waals surface area contributed by atoms with Gasteiger partial charge < -0.3 is 5.32 Å². The second-order valence-electron chi connectivity index (χ2n) is 5.07. The number of halogens is 1. The third-order valence-electron chi connectivity index (χ3n) is 3.62. The van der Waals surface area contributed by atoms with E-state index < -0.39 is 4.92 Å². The van der Waals surface area contributed by atoms with Crippen LogP contribution in [0.4, 0.5) is 15.9 Å². The minimum absolute atomic E-state index is 0.0366. The number of pyridine rings is 1. The van der Waals surface area contributed by atoms with Crippen molar-refractivity contribution in [1.29, 1.82) is 5.26 Å². The molecular formula is C15H11FN4O2. The Labute approximate surface area is 125 Å². The lowest BCUT2D eigenvalue weighted by Gasteiger charge is -2.06. The Kier molecular flexibility index (Phi) is 3.43. The monoisotopic (exact) mass is 298 g/mol. The molecule has 7 heteroatoms. The fourth-order valence-corrected chi connectivity index (χ4v) is 2.47. The van der Waals surface area contributed by atoms with Crippen LogP contribution >= 0.6 is 0 Å². The predicted octanol–water partition coefficient (Wildman–Crippen LogP) is 2.97. The van der Waals surface area contributed by atoms with Crippen LogP contribution in [0.1, 0.15) is 23.5 Å². The predicted molar refractivity (Wildman–Crippen MR) is 76.8 cm³/mol. The number of hydrogen-bond acceptors (Lipinski definition) is 5. The largest absolute Gasteiger partial charge is 0.361 e. The minimum atomic E-state index is -0.618. The summed E-state index contributed by atoms with van der Waals surface area (Å²) in [5.41, 5.74) is 0.483. The Balaban J connectivity index is 1.81. The van der Waals surface area contributed by atoms with Crippen molar-refractivity contribution in [2.75, 3.05) is 5.32 Å². The number of nitriles is 1. The van der Waals surface area contributed by atoms with E-state index in [0.717, 1.165) is 12.0 Å². The fourth-order valence-electron chi connectivity index (χ4n) is 2.47. The van der Waals surface area contributed by atoms with E-state index in [1.807, 2.05) is 6.07 Å². The molecule has 2 atom stereocenters. The van der Waals surface area contributed by atoms with E-state index in [1.165, 1.54) is 24.4 Å². The maximum Gasteiger partial charge on any atom is 0.328 e. The van der Waals surface area contributed by atoms with Crippen molar-refractivity contribution in [3.8, 4) is 6.07 Å². The van der Waals surface area contributed by atoms with E-state index in [2.05, 4.69) is 10.3 Å². The average Bonchev–Trinajstić information content (AvgIpc) is 3.26. The number of aromatic nitrogens is 1. The summed E-state index contributed by atoms with van der Waals surface area (Å²) in [6.45, 7) is 0. The van der Waals surface area contributed by atoms with E-state index in [1.54, 1.807) is 12.1 Å². The molecule has 3 rings (SSSR count). The average molecular weight is 298 g/mol. The number of rotatable bonds is 4. The van der Waals surface area contributed by atoms with Crippen LogP contribution in [0.25, 0.3) is 0 Å². The number of hydrogen-bond donors (Lipinski definition) is 1. The van der Waals surface area contributed by atoms with Gasteiger partial charge in [-0.1, -0.05) is 12.1 Å². The van der Waals surface area contributed by atoms with Crippen LogP contribution in [0.5, 0.6) is 0 Å². The quantitative estimate of drug-likeness (QED) is 0.692. The van der Waals surface area contributed by atoms with Gasteiger partial charge in [0, 0.05) is 18.2 Å². The first kappa shape index (κ1) is 13.9. The maximum atomic E-state index is 13.2. The van der Waals surface area contributed by atoms with Gasteiger partial charge in [0.2, 0.25) is 5.82 Å². The summed E-state index contributed by atoms with van der Waals surface area (Å²) >= 11 is 0. The Bertz CT molecular complexity index is 787. The van der Waals surface area contributed by atoms with Gasteiger partial charge in [-0.3, -0.25) is 10.1 Å². The van der Waals surface area contributed by atoms with Crippen LogP contribution in [0, 0.1) is 27.3 Å². The smallest absolute Gasteiger partial charge is 0.328 e. The molecule has 0 aliphatic heterocycles. The first-order chi connectivity index (χ1) is 10.6. The lowest BCUT2D eigenvalue weighted by atomic mass is 10.1. The summed E-state index contributed by atoms with van der Waals surface area (Å²) < 4.78 is 13.2. The Morgan fingerprint density at radius 1 is 1.45 bits per heavy atom. The first-order valence-electron chi connectivity index (χ1n) is 6.65. The Hall–Kier alpha value is -3.01. The summed E-state index contributed by atoms with van der Waals surface area (Å²) in [7, 11) is 0. The molecule has 0 saturated heterocycles. The zero-order valence-electron chi connectivity index (χ0n) is 11.4. The van der Waals surface area contributed by atoms with Gasteiger partial charge in [-0.15, -0.1) is 0 Å². The highest BCUT2D eigenvalue weighted by Crippen LogP contribution is 2.43. The standard InChI is InChI=1S/C15H11FN4O2/c16-11-3-1-2-9(6-11)12-7-13(12)19-15-14(20(21)22)10(8-17)4-5-18-15/h1-6,12-13H,7H2,(H,18,19)/t12-,13+/m0/s1. The number of anilines is 1. The van der Waals surface area contributed by atoms with Gasteiger partial charge in [0.05, 0.1) is 4.92 Å². The Morgan fingerprint density at radius 3 is 2.95 bits per heavy atom. The van der Waals surface area contributed by atoms with Gasteiger partial charge in [-0.25, -0.2) is 9.37 Å². The van der Waals surface area contributed by atoms with Crippen molar-refractivity contribution in [2.45, 2.75) is 18.4 Å². The third-order valence-corrected chi connectivity index (χ3v) is 3.62. The van der Waals surface area contributed by atoms with Gasteiger partial charge in [-0.2, -0.15) is 5.26 Å². The zero-order valence-corrected chi connectivity index (χ0v) is 11.4. The molecule has 1 N–H and O–H groups in total. The zero-order chi connectivity index (χ0) is 15.7. The molecule has 0 bridgehead atoms. The molecule has 0 radical (unpaired) electrons. The molecule has 2 aromatic rings. The molecule has 1 aromatic carbocycles. The molecular weight excluding hydrogens is 287 g/mol. The molecule has 0 unspecified atom stereocenters. The summed E-state index contributed by atoms with van der Waals surface area (Å²) in [6.07, 6.45) is 2.09. The van der Waals surface area contributed by atoms with E-state index in [0.29, 0.717) is 0 Å². The normalized spacial score (nSPS) is 19.3. The highest BCUT2D eigenvalue weighted by Gasteiger charge is 2.40. The van der Waals surface area contributed by atoms with Crippen LogP contribution in [-0.2, 0) is 0 Å². The minimum Gasteiger partial charge on any atom is -0.361 e. The van der Waals surface area contributed by atoms with Gasteiger partial charge >= 0.3 is 5.69 Å². The summed E-state index contributed by atoms with van der Waals surface area (Å²) in [6, 6.07) is 9.33. The molecule has 6 nitrogen and oxygen atoms in total. The molecule has 1 fully saturated rings. The van der Waals surface area contributed by atoms with E-state index in [4.69, 9.17) is 5.26 Å². The number of nitrogens with one attached hydrogen (secondary N) is 1. The first-order valence-corrected chi connectivity index (χ1v) is 6.65. The number of nitrogens with zero attached hydrogens (tertiary/aromatic N) is 3. The van der Waals surface area contributed by atoms with E-state index in [9.17, 15) is 14.5 Å². The molecule has 22 heavy (non-hydrogen) atoms. The van der Waals surface area contributed by atoms with Crippen LogP contribution in [-0.4, -0.2) is 15.9 Å². The number of benzene rings is 1. The molecule has 1 saturated carbocycles. The molecule has 1 heterocycles. The summed E-state index contributed by atoms with van der Waals surface area (Å²) in [5, 5.41) is 23.1. The maximum absolute atomic E-state index is 13.2. The SMILES string of the molecule is N#Cc1ccnc(N[C@@H]2C[C@H]2c2cccc(F)c2)c1[N+](=O)[O-]. The lowest BCUT2D eigenvalue weighted by molar-refractivity contribution is -0.384. The second kappa shape index (κ2) is 5.41. The van der Waals surface area contributed by atoms with Crippen molar-refractivity contribution < 1.29 is 9.31 Å². The van der Waals surface area contributed by atoms with Crippen molar-refractivity contribution in [2.24, 2.45) is 0 Å². The Morgan fingerprint density at radius 2 is 2.27 bits per heavy atom. The topological polar surface area (TPSA) is 91.8 Å². The molecule has 110 valence electrons. The van der Waals surface area contributed by atoms with Gasteiger partial charge in [0.25, 0.3) is 0 Å². The lowest BCUT2D eigenvalue weighted by Crippen LogP contribution is -2.09. The van der Waals surface area contributed by atoms with Crippen molar-refractivity contribution in [1.82, 2.24) is 4.98 Å². The van der Waals surface area contributed by atoms with Crippen LogP contribution in [0.15, 0.2) is 36.5 Å². The molecule has 1 aliphatic carbocycles. The summed E-state index contributed by atoms with van der Waals surface area (Å²) in [5.74, 6) is -0.144. The van der Waals surface area contributed by atoms with E-state index >= 15 is 0 Å². The van der Waals surface area contributed by atoms with Crippen molar-refractivity contribution in [3.05, 3.63) is 63.6 Å². The highest BCUT2D eigenvalue weighted by molar-refractivity contribution is 5.65. The fraction of sp³-hybridized carbons (Fsp3) is 0.200. The third kappa shape index (κ3) is 2.59. The van der Waals surface area contributed by atoms with Crippen LogP contribution < -0.4 is 5.32 Å². The van der Waals surface area contributed by atoms with Gasteiger partial charge in [-0.05, 0) is 30.2 Å². The molecule has 1 aliphatic rings. The second-order valence-corrected chi connectivity index (χ2v) is 5.07. The molecule has 0 spiro atoms. The van der Waals surface area contributed by atoms with E-state index in [-0.39, 0.29) is 34.8 Å². The number of nitro groups is 1. The van der Waals surface area contributed by atoms with Gasteiger partial charge in [0.1, 0.15) is 17.4 Å². The van der Waals surface area contributed by atoms with Crippen molar-refractivity contribution in [3.63, 3.8) is 0 Å². The van der Waals surface area contributed by atoms with Crippen LogP contribution in [0.3, 0.4) is 0 Å². The van der Waals surface area contributed by atoms with Crippen LogP contribution in [0.2, 0.25) is 0 Å². The summed E-state index contributed by atoms with van der Waals surface area (Å²) in [4.78, 5) is 14.5. The highest BCUT2D eigenvalue weighted by atomic mass is 19.1.